The lowest BCUT2D eigenvalue weighted by Crippen LogP contribution is -2.49. The van der Waals surface area contributed by atoms with Crippen molar-refractivity contribution in [1.29, 1.82) is 0 Å². The number of aliphatic hydroxyl groups excluding tert-OH is 1. The van der Waals surface area contributed by atoms with Crippen molar-refractivity contribution in [2.45, 2.75) is 57.5 Å². The van der Waals surface area contributed by atoms with Gasteiger partial charge in [-0.15, -0.1) is 0 Å². The Morgan fingerprint density at radius 2 is 1.95 bits per heavy atom. The lowest BCUT2D eigenvalue weighted by Gasteiger charge is -2.37. The number of rotatable bonds is 6. The van der Waals surface area contributed by atoms with Crippen LogP contribution in [0.1, 0.15) is 33.1 Å². The minimum atomic E-state index is -0.309. The lowest BCUT2D eigenvalue weighted by atomic mass is 10.1. The van der Waals surface area contributed by atoms with E-state index in [1.165, 1.54) is 12.8 Å². The van der Waals surface area contributed by atoms with E-state index in [1.54, 1.807) is 0 Å². The minimum absolute atomic E-state index is 0.259. The summed E-state index contributed by atoms with van der Waals surface area (Å²) in [6.45, 7) is 9.28. The summed E-state index contributed by atoms with van der Waals surface area (Å²) in [4.78, 5) is 4.52. The molecule has 5 heteroatoms. The van der Waals surface area contributed by atoms with E-state index >= 15 is 0 Å². The van der Waals surface area contributed by atoms with Gasteiger partial charge in [-0.2, -0.15) is 0 Å². The van der Waals surface area contributed by atoms with Gasteiger partial charge in [-0.25, -0.2) is 0 Å². The van der Waals surface area contributed by atoms with Crippen molar-refractivity contribution in [3.05, 3.63) is 0 Å². The number of ether oxygens (including phenoxy) is 2. The number of nitrogens with zero attached hydrogens (tertiary/aromatic N) is 2. The molecule has 2 rings (SSSR count). The quantitative estimate of drug-likeness (QED) is 0.791. The van der Waals surface area contributed by atoms with E-state index in [4.69, 9.17) is 9.47 Å². The summed E-state index contributed by atoms with van der Waals surface area (Å²) in [6, 6.07) is 0. The first kappa shape index (κ1) is 17.2. The molecule has 0 aliphatic carbocycles. The van der Waals surface area contributed by atoms with Gasteiger partial charge in [0, 0.05) is 39.3 Å². The average molecular weight is 300 g/mol. The fraction of sp³-hybridized carbons (Fsp3) is 1.00. The van der Waals surface area contributed by atoms with Crippen molar-refractivity contribution in [1.82, 2.24) is 9.80 Å². The van der Waals surface area contributed by atoms with Crippen LogP contribution in [0, 0.1) is 0 Å². The van der Waals surface area contributed by atoms with Crippen molar-refractivity contribution in [2.75, 3.05) is 46.4 Å². The molecule has 2 aliphatic rings. The van der Waals surface area contributed by atoms with Crippen molar-refractivity contribution in [3.63, 3.8) is 0 Å². The zero-order valence-electron chi connectivity index (χ0n) is 13.8. The summed E-state index contributed by atoms with van der Waals surface area (Å²) >= 11 is 0. The molecule has 2 saturated heterocycles. The van der Waals surface area contributed by atoms with E-state index in [9.17, 15) is 5.11 Å². The fourth-order valence-corrected chi connectivity index (χ4v) is 3.52. The van der Waals surface area contributed by atoms with Gasteiger partial charge in [0.15, 0.2) is 0 Å². The van der Waals surface area contributed by atoms with Crippen LogP contribution in [0.4, 0.5) is 0 Å². The van der Waals surface area contributed by atoms with Crippen LogP contribution in [0.25, 0.3) is 0 Å². The Morgan fingerprint density at radius 3 is 2.57 bits per heavy atom. The van der Waals surface area contributed by atoms with Crippen LogP contribution in [-0.4, -0.2) is 85.7 Å². The highest BCUT2D eigenvalue weighted by Gasteiger charge is 2.24. The highest BCUT2D eigenvalue weighted by atomic mass is 16.5. The van der Waals surface area contributed by atoms with Crippen molar-refractivity contribution in [2.24, 2.45) is 0 Å². The van der Waals surface area contributed by atoms with Crippen LogP contribution < -0.4 is 0 Å². The maximum atomic E-state index is 10.3. The second-order valence-corrected chi connectivity index (χ2v) is 6.84. The Bertz CT molecular complexity index is 287. The minimum Gasteiger partial charge on any atom is -0.390 e. The molecule has 0 aromatic rings. The summed E-state index contributed by atoms with van der Waals surface area (Å²) in [5.41, 5.74) is 0. The van der Waals surface area contributed by atoms with Crippen LogP contribution in [0.5, 0.6) is 0 Å². The van der Waals surface area contributed by atoms with Gasteiger partial charge < -0.3 is 19.5 Å². The van der Waals surface area contributed by atoms with Gasteiger partial charge >= 0.3 is 0 Å². The first-order valence-electron chi connectivity index (χ1n) is 8.39. The molecular weight excluding hydrogens is 268 g/mol. The van der Waals surface area contributed by atoms with E-state index in [1.807, 2.05) is 0 Å². The van der Waals surface area contributed by atoms with Crippen LogP contribution >= 0.6 is 0 Å². The van der Waals surface area contributed by atoms with E-state index in [2.05, 4.69) is 30.7 Å². The molecule has 0 aromatic carbocycles. The maximum Gasteiger partial charge on any atom is 0.0793 e. The predicted octanol–water partition coefficient (Wildman–Crippen LogP) is 0.957. The Kier molecular flexibility index (Phi) is 6.89. The van der Waals surface area contributed by atoms with Crippen molar-refractivity contribution in [3.8, 4) is 0 Å². The van der Waals surface area contributed by atoms with Gasteiger partial charge in [0.05, 0.1) is 24.4 Å². The molecule has 4 unspecified atom stereocenters. The number of hydrogen-bond acceptors (Lipinski definition) is 5. The van der Waals surface area contributed by atoms with E-state index in [0.717, 1.165) is 39.2 Å². The number of aliphatic hydroxyl groups is 1. The molecule has 0 amide bonds. The molecule has 0 aromatic heterocycles. The second kappa shape index (κ2) is 8.44. The molecule has 5 nitrogen and oxygen atoms in total. The molecule has 0 spiro atoms. The Balaban J connectivity index is 1.66. The van der Waals surface area contributed by atoms with Crippen molar-refractivity contribution < 1.29 is 14.6 Å². The fourth-order valence-electron chi connectivity index (χ4n) is 3.52. The molecule has 21 heavy (non-hydrogen) atoms. The van der Waals surface area contributed by atoms with Gasteiger partial charge in [0.25, 0.3) is 0 Å². The predicted molar refractivity (Wildman–Crippen MR) is 83.5 cm³/mol. The number of β-amino-alcohol motifs (C(OH)–C–C–N with tert-alkyl or cyclic N) is 1. The van der Waals surface area contributed by atoms with Gasteiger partial charge in [-0.1, -0.05) is 0 Å². The summed E-state index contributed by atoms with van der Waals surface area (Å²) in [7, 11) is 2.08. The van der Waals surface area contributed by atoms with Crippen LogP contribution in [0.15, 0.2) is 0 Å². The van der Waals surface area contributed by atoms with Gasteiger partial charge in [-0.05, 0) is 40.2 Å². The number of likely N-dealkylation sites (N-methyl/N-ethyl adjacent to an activating group) is 1. The zero-order chi connectivity index (χ0) is 15.2. The topological polar surface area (TPSA) is 45.2 Å². The summed E-state index contributed by atoms with van der Waals surface area (Å²) in [5.74, 6) is 0. The van der Waals surface area contributed by atoms with Crippen molar-refractivity contribution >= 4 is 0 Å². The van der Waals surface area contributed by atoms with E-state index in [0.29, 0.717) is 12.6 Å². The monoisotopic (exact) mass is 300 g/mol. The summed E-state index contributed by atoms with van der Waals surface area (Å²) in [6.07, 6.45) is 4.17. The van der Waals surface area contributed by atoms with Crippen LogP contribution in [-0.2, 0) is 9.47 Å². The molecule has 0 saturated carbocycles. The lowest BCUT2D eigenvalue weighted by molar-refractivity contribution is -0.0785. The van der Waals surface area contributed by atoms with E-state index in [-0.39, 0.29) is 18.3 Å². The first-order valence-corrected chi connectivity index (χ1v) is 8.39. The molecule has 124 valence electrons. The third-order valence-corrected chi connectivity index (χ3v) is 4.28. The summed E-state index contributed by atoms with van der Waals surface area (Å²) < 4.78 is 11.5. The van der Waals surface area contributed by atoms with Crippen LogP contribution in [0.2, 0.25) is 0 Å². The third-order valence-electron chi connectivity index (χ3n) is 4.28. The summed E-state index contributed by atoms with van der Waals surface area (Å²) in [5, 5.41) is 10.3. The smallest absolute Gasteiger partial charge is 0.0793 e. The average Bonchev–Trinajstić information content (AvgIpc) is 2.37. The number of hydrogen-bond donors (Lipinski definition) is 1. The Morgan fingerprint density at radius 1 is 1.24 bits per heavy atom. The molecule has 1 N–H and O–H groups in total. The first-order chi connectivity index (χ1) is 10.0. The van der Waals surface area contributed by atoms with Gasteiger partial charge in [0.1, 0.15) is 0 Å². The van der Waals surface area contributed by atoms with Gasteiger partial charge in [0.2, 0.25) is 0 Å². The Labute approximate surface area is 129 Å². The largest absolute Gasteiger partial charge is 0.390 e. The second-order valence-electron chi connectivity index (χ2n) is 6.84. The SMILES string of the molecule is CC1CN(CC(O)CN(C)CC2CCCCO2)CC(C)O1. The molecule has 2 aliphatic heterocycles. The van der Waals surface area contributed by atoms with Gasteiger partial charge in [-0.3, -0.25) is 4.90 Å². The molecule has 0 radical (unpaired) electrons. The van der Waals surface area contributed by atoms with Crippen LogP contribution in [0.3, 0.4) is 0 Å². The highest BCUT2D eigenvalue weighted by molar-refractivity contribution is 4.77. The third kappa shape index (κ3) is 6.20. The molecular formula is C16H32N2O3. The Hall–Kier alpha value is -0.200. The number of morpholine rings is 1. The molecule has 4 atom stereocenters. The molecule has 2 heterocycles. The highest BCUT2D eigenvalue weighted by Crippen LogP contribution is 2.14. The maximum absolute atomic E-state index is 10.3. The zero-order valence-corrected chi connectivity index (χ0v) is 13.8. The van der Waals surface area contributed by atoms with E-state index < -0.39 is 0 Å². The molecule has 2 fully saturated rings. The molecule has 0 bridgehead atoms. The normalized spacial score (nSPS) is 33.3. The standard InChI is InChI=1S/C16H32N2O3/c1-13-8-18(9-14(2)21-13)11-15(19)10-17(3)12-16-6-4-5-7-20-16/h13-16,19H,4-12H2,1-3H3.